The van der Waals surface area contributed by atoms with Gasteiger partial charge < -0.3 is 14.8 Å². The summed E-state index contributed by atoms with van der Waals surface area (Å²) in [5.74, 6) is 2.99. The van der Waals surface area contributed by atoms with Crippen LogP contribution in [0.1, 0.15) is 11.3 Å². The lowest BCUT2D eigenvalue weighted by atomic mass is 9.92. The maximum absolute atomic E-state index is 5.86. The summed E-state index contributed by atoms with van der Waals surface area (Å²) in [4.78, 5) is 0. The van der Waals surface area contributed by atoms with Crippen LogP contribution >= 0.6 is 0 Å². The Morgan fingerprint density at radius 1 is 1.29 bits per heavy atom. The van der Waals surface area contributed by atoms with Crippen molar-refractivity contribution in [3.8, 4) is 11.5 Å². The van der Waals surface area contributed by atoms with Gasteiger partial charge in [-0.05, 0) is 36.6 Å². The molecule has 5 nitrogen and oxygen atoms in total. The molecule has 1 aromatic heterocycles. The third-order valence-electron chi connectivity index (χ3n) is 3.73. The highest BCUT2D eigenvalue weighted by molar-refractivity contribution is 5.42. The zero-order valence-electron chi connectivity index (χ0n) is 12.3. The molecule has 0 saturated carbocycles. The fourth-order valence-corrected chi connectivity index (χ4v) is 2.57. The molecule has 3 rings (SSSR count). The van der Waals surface area contributed by atoms with Gasteiger partial charge in [0.05, 0.1) is 19.4 Å². The standard InChI is InChI=1S/C16H19N3O2/c1-17-16-6-4-13(18-19-16)8-11-7-12-3-5-14(20-2)9-15(12)21-10-11/h3-6,9,11H,7-8,10H2,1-2H3,(H,17,19). The first kappa shape index (κ1) is 13.7. The Morgan fingerprint density at radius 3 is 2.90 bits per heavy atom. The summed E-state index contributed by atoms with van der Waals surface area (Å²) in [6.45, 7) is 0.704. The summed E-state index contributed by atoms with van der Waals surface area (Å²) in [5.41, 5.74) is 2.23. The molecule has 1 aliphatic rings. The normalized spacial score (nSPS) is 16.8. The largest absolute Gasteiger partial charge is 0.497 e. The molecule has 0 amide bonds. The maximum Gasteiger partial charge on any atom is 0.148 e. The summed E-state index contributed by atoms with van der Waals surface area (Å²) in [6.07, 6.45) is 1.87. The summed E-state index contributed by atoms with van der Waals surface area (Å²) < 4.78 is 11.1. The van der Waals surface area contributed by atoms with E-state index in [4.69, 9.17) is 9.47 Å². The van der Waals surface area contributed by atoms with Gasteiger partial charge in [0.25, 0.3) is 0 Å². The summed E-state index contributed by atoms with van der Waals surface area (Å²) in [7, 11) is 3.50. The lowest BCUT2D eigenvalue weighted by Crippen LogP contribution is -2.23. The smallest absolute Gasteiger partial charge is 0.148 e. The van der Waals surface area contributed by atoms with Crippen LogP contribution in [-0.4, -0.2) is 31.0 Å². The van der Waals surface area contributed by atoms with Crippen LogP contribution in [0.2, 0.25) is 0 Å². The zero-order valence-corrected chi connectivity index (χ0v) is 12.3. The van der Waals surface area contributed by atoms with Gasteiger partial charge in [0.15, 0.2) is 0 Å². The molecule has 1 unspecified atom stereocenters. The Hall–Kier alpha value is -2.30. The van der Waals surface area contributed by atoms with Gasteiger partial charge >= 0.3 is 0 Å². The van der Waals surface area contributed by atoms with Crippen LogP contribution < -0.4 is 14.8 Å². The van der Waals surface area contributed by atoms with Gasteiger partial charge in [-0.1, -0.05) is 6.07 Å². The van der Waals surface area contributed by atoms with Crippen LogP contribution in [0.25, 0.3) is 0 Å². The number of methoxy groups -OCH3 is 1. The highest BCUT2D eigenvalue weighted by Gasteiger charge is 2.21. The molecule has 5 heteroatoms. The topological polar surface area (TPSA) is 56.3 Å². The molecule has 0 aliphatic carbocycles. The molecular formula is C16H19N3O2. The van der Waals surface area contributed by atoms with Gasteiger partial charge in [-0.25, -0.2) is 0 Å². The second kappa shape index (κ2) is 5.99. The summed E-state index contributed by atoms with van der Waals surface area (Å²) in [6, 6.07) is 9.97. The molecule has 0 spiro atoms. The molecule has 0 saturated heterocycles. The number of benzene rings is 1. The average Bonchev–Trinajstić information content (AvgIpc) is 2.55. The molecule has 1 aromatic carbocycles. The van der Waals surface area contributed by atoms with E-state index >= 15 is 0 Å². The fourth-order valence-electron chi connectivity index (χ4n) is 2.57. The van der Waals surface area contributed by atoms with Crippen molar-refractivity contribution in [2.45, 2.75) is 12.8 Å². The second-order valence-electron chi connectivity index (χ2n) is 5.22. The first-order valence-electron chi connectivity index (χ1n) is 7.08. The van der Waals surface area contributed by atoms with Gasteiger partial charge in [-0.15, -0.1) is 5.10 Å². The highest BCUT2D eigenvalue weighted by Crippen LogP contribution is 2.31. The third-order valence-corrected chi connectivity index (χ3v) is 3.73. The Bertz CT molecular complexity index is 613. The Morgan fingerprint density at radius 2 is 2.19 bits per heavy atom. The third kappa shape index (κ3) is 3.07. The van der Waals surface area contributed by atoms with E-state index in [1.165, 1.54) is 5.56 Å². The van der Waals surface area contributed by atoms with E-state index in [2.05, 4.69) is 21.6 Å². The second-order valence-corrected chi connectivity index (χ2v) is 5.22. The van der Waals surface area contributed by atoms with Crippen LogP contribution in [0.3, 0.4) is 0 Å². The molecule has 110 valence electrons. The van der Waals surface area contributed by atoms with E-state index in [9.17, 15) is 0 Å². The van der Waals surface area contributed by atoms with E-state index in [1.807, 2.05) is 31.3 Å². The van der Waals surface area contributed by atoms with Crippen molar-refractivity contribution in [3.05, 3.63) is 41.6 Å². The Labute approximate surface area is 124 Å². The number of aromatic nitrogens is 2. The number of fused-ring (bicyclic) bond motifs is 1. The van der Waals surface area contributed by atoms with Crippen molar-refractivity contribution in [3.63, 3.8) is 0 Å². The molecule has 1 N–H and O–H groups in total. The van der Waals surface area contributed by atoms with E-state index < -0.39 is 0 Å². The van der Waals surface area contributed by atoms with Crippen molar-refractivity contribution in [2.24, 2.45) is 5.92 Å². The number of anilines is 1. The van der Waals surface area contributed by atoms with Crippen LogP contribution in [-0.2, 0) is 12.8 Å². The minimum atomic E-state index is 0.431. The summed E-state index contributed by atoms with van der Waals surface area (Å²) >= 11 is 0. The molecule has 2 heterocycles. The van der Waals surface area contributed by atoms with Gasteiger partial charge in [0.2, 0.25) is 0 Å². The quantitative estimate of drug-likeness (QED) is 0.934. The predicted molar refractivity (Wildman–Crippen MR) is 81.0 cm³/mol. The average molecular weight is 285 g/mol. The van der Waals surface area contributed by atoms with Crippen LogP contribution in [0.4, 0.5) is 5.82 Å². The number of hydrogen-bond donors (Lipinski definition) is 1. The first-order chi connectivity index (χ1) is 10.3. The van der Waals surface area contributed by atoms with Crippen LogP contribution in [0.5, 0.6) is 11.5 Å². The van der Waals surface area contributed by atoms with Gasteiger partial charge in [-0.3, -0.25) is 0 Å². The summed E-state index contributed by atoms with van der Waals surface area (Å²) in [5, 5.41) is 11.3. The van der Waals surface area contributed by atoms with E-state index in [0.29, 0.717) is 12.5 Å². The highest BCUT2D eigenvalue weighted by atomic mass is 16.5. The first-order valence-corrected chi connectivity index (χ1v) is 7.08. The number of rotatable bonds is 4. The van der Waals surface area contributed by atoms with Crippen molar-refractivity contribution in [1.29, 1.82) is 0 Å². The molecular weight excluding hydrogens is 266 g/mol. The molecule has 1 aliphatic heterocycles. The lowest BCUT2D eigenvalue weighted by Gasteiger charge is -2.25. The number of nitrogens with one attached hydrogen (secondary N) is 1. The number of hydrogen-bond acceptors (Lipinski definition) is 5. The van der Waals surface area contributed by atoms with E-state index in [0.717, 1.165) is 35.9 Å². The number of nitrogens with zero attached hydrogens (tertiary/aromatic N) is 2. The van der Waals surface area contributed by atoms with E-state index in [1.54, 1.807) is 7.11 Å². The fraction of sp³-hybridized carbons (Fsp3) is 0.375. The van der Waals surface area contributed by atoms with Gasteiger partial charge in [0.1, 0.15) is 17.3 Å². The number of ether oxygens (including phenoxy) is 2. The predicted octanol–water partition coefficient (Wildman–Crippen LogP) is 2.32. The van der Waals surface area contributed by atoms with Crippen molar-refractivity contribution >= 4 is 5.82 Å². The molecule has 0 fully saturated rings. The monoisotopic (exact) mass is 285 g/mol. The van der Waals surface area contributed by atoms with Crippen LogP contribution in [0.15, 0.2) is 30.3 Å². The van der Waals surface area contributed by atoms with Crippen molar-refractivity contribution < 1.29 is 9.47 Å². The molecule has 1 atom stereocenters. The Kier molecular flexibility index (Phi) is 3.90. The molecule has 0 radical (unpaired) electrons. The van der Waals surface area contributed by atoms with Crippen LogP contribution in [0, 0.1) is 5.92 Å². The SMILES string of the molecule is CNc1ccc(CC2COc3cc(OC)ccc3C2)nn1. The van der Waals surface area contributed by atoms with Gasteiger partial charge in [0, 0.05) is 19.0 Å². The molecule has 2 aromatic rings. The molecule has 0 bridgehead atoms. The van der Waals surface area contributed by atoms with Crippen molar-refractivity contribution in [2.75, 3.05) is 26.1 Å². The Balaban J connectivity index is 1.68. The lowest BCUT2D eigenvalue weighted by molar-refractivity contribution is 0.219. The molecule has 21 heavy (non-hydrogen) atoms. The van der Waals surface area contributed by atoms with E-state index in [-0.39, 0.29) is 0 Å². The minimum Gasteiger partial charge on any atom is -0.497 e. The van der Waals surface area contributed by atoms with Crippen molar-refractivity contribution in [1.82, 2.24) is 10.2 Å². The maximum atomic E-state index is 5.86. The van der Waals surface area contributed by atoms with Gasteiger partial charge in [-0.2, -0.15) is 5.10 Å². The minimum absolute atomic E-state index is 0.431. The zero-order chi connectivity index (χ0) is 14.7.